The summed E-state index contributed by atoms with van der Waals surface area (Å²) < 4.78 is 1.66. The zero-order valence-corrected chi connectivity index (χ0v) is 15.2. The molecule has 0 aliphatic heterocycles. The topological polar surface area (TPSA) is 71.2 Å². The second-order valence-corrected chi connectivity index (χ2v) is 6.77. The normalized spacial score (nSPS) is 11.3. The van der Waals surface area contributed by atoms with Gasteiger partial charge in [0.1, 0.15) is 0 Å². The maximum Gasteiger partial charge on any atom is 0.354 e. The highest BCUT2D eigenvalue weighted by Gasteiger charge is 2.21. The number of aromatic nitrogens is 3. The Morgan fingerprint density at radius 2 is 2.00 bits per heavy atom. The molecule has 1 aromatic carbocycles. The van der Waals surface area contributed by atoms with Crippen molar-refractivity contribution in [1.82, 2.24) is 14.8 Å². The minimum Gasteiger partial charge on any atom is -0.477 e. The summed E-state index contributed by atoms with van der Waals surface area (Å²) in [6, 6.07) is 9.17. The van der Waals surface area contributed by atoms with Crippen molar-refractivity contribution in [2.75, 3.05) is 19.0 Å². The second kappa shape index (κ2) is 6.37. The van der Waals surface area contributed by atoms with Crippen LogP contribution in [0.25, 0.3) is 16.7 Å². The smallest absolute Gasteiger partial charge is 0.354 e. The van der Waals surface area contributed by atoms with Gasteiger partial charge >= 0.3 is 5.97 Å². The monoisotopic (exact) mass is 358 g/mol. The summed E-state index contributed by atoms with van der Waals surface area (Å²) in [5.74, 6) is -1.000. The number of halogens is 1. The molecule has 1 N–H and O–H groups in total. The summed E-state index contributed by atoms with van der Waals surface area (Å²) in [7, 11) is 3.91. The molecule has 2 aromatic heterocycles. The minimum absolute atomic E-state index is 0.0993. The van der Waals surface area contributed by atoms with Crippen molar-refractivity contribution in [2.45, 2.75) is 19.8 Å². The molecule has 0 atom stereocenters. The van der Waals surface area contributed by atoms with Crippen LogP contribution in [0.2, 0.25) is 5.02 Å². The van der Waals surface area contributed by atoms with E-state index in [4.69, 9.17) is 11.6 Å². The number of nitrogens with zero attached hydrogens (tertiary/aromatic N) is 4. The molecule has 3 rings (SSSR count). The lowest BCUT2D eigenvalue weighted by Gasteiger charge is -2.13. The Balaban J connectivity index is 2.34. The van der Waals surface area contributed by atoms with Crippen molar-refractivity contribution in [3.8, 4) is 5.69 Å². The maximum atomic E-state index is 11.4. The molecule has 0 spiro atoms. The van der Waals surface area contributed by atoms with Gasteiger partial charge < -0.3 is 10.0 Å². The third-order valence-electron chi connectivity index (χ3n) is 3.97. The Morgan fingerprint density at radius 3 is 2.60 bits per heavy atom. The predicted molar refractivity (Wildman–Crippen MR) is 99.3 cm³/mol. The molecule has 0 bridgehead atoms. The van der Waals surface area contributed by atoms with E-state index in [1.165, 1.54) is 6.07 Å². The molecule has 25 heavy (non-hydrogen) atoms. The summed E-state index contributed by atoms with van der Waals surface area (Å²) in [5.41, 5.74) is 2.95. The van der Waals surface area contributed by atoms with Crippen molar-refractivity contribution < 1.29 is 9.90 Å². The van der Waals surface area contributed by atoms with E-state index in [2.05, 4.69) is 10.1 Å². The molecule has 6 nitrogen and oxygen atoms in total. The molecule has 0 amide bonds. The molecule has 3 aromatic rings. The Kier molecular flexibility index (Phi) is 4.39. The molecule has 7 heteroatoms. The van der Waals surface area contributed by atoms with E-state index >= 15 is 0 Å². The van der Waals surface area contributed by atoms with Crippen molar-refractivity contribution in [3.05, 3.63) is 46.7 Å². The molecule has 0 aliphatic rings. The van der Waals surface area contributed by atoms with E-state index in [0.717, 1.165) is 17.1 Å². The fourth-order valence-corrected chi connectivity index (χ4v) is 2.98. The van der Waals surface area contributed by atoms with Gasteiger partial charge in [0.05, 0.1) is 21.8 Å². The van der Waals surface area contributed by atoms with Gasteiger partial charge in [-0.25, -0.2) is 14.5 Å². The third-order valence-corrected chi connectivity index (χ3v) is 4.27. The standard InChI is InChI=1S/C18H19ClN4O2/c1-10(2)16-15-13(19)9-14(18(24)25)20-17(15)23(21-16)12-7-5-6-11(8-12)22(3)4/h5-10H,1-4H3,(H,24,25). The number of aromatic carboxylic acids is 1. The fraction of sp³-hybridized carbons (Fsp3) is 0.278. The van der Waals surface area contributed by atoms with Crippen LogP contribution >= 0.6 is 11.6 Å². The number of hydrogen-bond donors (Lipinski definition) is 1. The fourth-order valence-electron chi connectivity index (χ4n) is 2.69. The van der Waals surface area contributed by atoms with Gasteiger partial charge in [0.15, 0.2) is 11.3 Å². The molecule has 0 radical (unpaired) electrons. The second-order valence-electron chi connectivity index (χ2n) is 6.36. The maximum absolute atomic E-state index is 11.4. The van der Waals surface area contributed by atoms with Crippen molar-refractivity contribution in [2.24, 2.45) is 0 Å². The van der Waals surface area contributed by atoms with Crippen molar-refractivity contribution in [1.29, 1.82) is 0 Å². The number of carboxylic acid groups (broad SMARTS) is 1. The van der Waals surface area contributed by atoms with E-state index in [0.29, 0.717) is 16.1 Å². The van der Waals surface area contributed by atoms with Crippen LogP contribution in [0.3, 0.4) is 0 Å². The highest BCUT2D eigenvalue weighted by Crippen LogP contribution is 2.32. The first kappa shape index (κ1) is 17.2. The lowest BCUT2D eigenvalue weighted by atomic mass is 10.1. The summed E-state index contributed by atoms with van der Waals surface area (Å²) in [5, 5.41) is 15.0. The summed E-state index contributed by atoms with van der Waals surface area (Å²) in [6.07, 6.45) is 0. The zero-order valence-electron chi connectivity index (χ0n) is 14.5. The average Bonchev–Trinajstić information content (AvgIpc) is 2.95. The van der Waals surface area contributed by atoms with Gasteiger partial charge in [-0.2, -0.15) is 5.10 Å². The van der Waals surface area contributed by atoms with Crippen LogP contribution in [-0.4, -0.2) is 39.9 Å². The largest absolute Gasteiger partial charge is 0.477 e. The van der Waals surface area contributed by atoms with Crippen LogP contribution in [0.5, 0.6) is 0 Å². The molecular formula is C18H19ClN4O2. The molecule has 0 aliphatic carbocycles. The predicted octanol–water partition coefficient (Wildman–Crippen LogP) is 3.96. The molecule has 0 saturated carbocycles. The summed E-state index contributed by atoms with van der Waals surface area (Å²) in [4.78, 5) is 17.7. The lowest BCUT2D eigenvalue weighted by molar-refractivity contribution is 0.0691. The lowest BCUT2D eigenvalue weighted by Crippen LogP contribution is -2.09. The number of rotatable bonds is 4. The molecular weight excluding hydrogens is 340 g/mol. The first-order valence-corrected chi connectivity index (χ1v) is 8.27. The quantitative estimate of drug-likeness (QED) is 0.764. The summed E-state index contributed by atoms with van der Waals surface area (Å²) >= 11 is 6.37. The first-order valence-electron chi connectivity index (χ1n) is 7.89. The van der Waals surface area contributed by atoms with Crippen LogP contribution in [0.15, 0.2) is 30.3 Å². The number of fused-ring (bicyclic) bond motifs is 1. The number of hydrogen-bond acceptors (Lipinski definition) is 4. The van der Waals surface area contributed by atoms with Gasteiger partial charge in [0.25, 0.3) is 0 Å². The van der Waals surface area contributed by atoms with Crippen molar-refractivity contribution in [3.63, 3.8) is 0 Å². The van der Waals surface area contributed by atoms with Crippen LogP contribution in [0.1, 0.15) is 35.9 Å². The molecule has 0 fully saturated rings. The van der Waals surface area contributed by atoms with Crippen LogP contribution in [0, 0.1) is 0 Å². The number of carboxylic acids is 1. The Labute approximate surface area is 150 Å². The zero-order chi connectivity index (χ0) is 18.3. The van der Waals surface area contributed by atoms with Gasteiger partial charge in [-0.15, -0.1) is 0 Å². The highest BCUT2D eigenvalue weighted by molar-refractivity contribution is 6.35. The molecule has 0 unspecified atom stereocenters. The van der Waals surface area contributed by atoms with Gasteiger partial charge in [-0.05, 0) is 30.2 Å². The van der Waals surface area contributed by atoms with E-state index in [1.807, 2.05) is 57.1 Å². The van der Waals surface area contributed by atoms with Gasteiger partial charge in [-0.3, -0.25) is 0 Å². The van der Waals surface area contributed by atoms with Crippen LogP contribution in [-0.2, 0) is 0 Å². The van der Waals surface area contributed by atoms with Crippen LogP contribution < -0.4 is 4.90 Å². The third kappa shape index (κ3) is 3.05. The van der Waals surface area contributed by atoms with E-state index in [1.54, 1.807) is 4.68 Å². The van der Waals surface area contributed by atoms with Crippen molar-refractivity contribution >= 4 is 34.3 Å². The summed E-state index contributed by atoms with van der Waals surface area (Å²) in [6.45, 7) is 4.04. The van der Waals surface area contributed by atoms with E-state index in [9.17, 15) is 9.90 Å². The number of anilines is 1. The molecule has 0 saturated heterocycles. The Bertz CT molecular complexity index is 963. The Hall–Kier alpha value is -2.60. The molecule has 2 heterocycles. The average molecular weight is 359 g/mol. The van der Waals surface area contributed by atoms with E-state index in [-0.39, 0.29) is 11.6 Å². The highest BCUT2D eigenvalue weighted by atomic mass is 35.5. The number of carbonyl (C=O) groups is 1. The molecule has 130 valence electrons. The van der Waals surface area contributed by atoms with Gasteiger partial charge in [0.2, 0.25) is 0 Å². The van der Waals surface area contributed by atoms with E-state index < -0.39 is 5.97 Å². The first-order chi connectivity index (χ1) is 11.8. The van der Waals surface area contributed by atoms with Gasteiger partial charge in [0, 0.05) is 19.8 Å². The Morgan fingerprint density at radius 1 is 1.28 bits per heavy atom. The number of benzene rings is 1. The minimum atomic E-state index is -1.12. The SMILES string of the molecule is CC(C)c1nn(-c2cccc(N(C)C)c2)c2nc(C(=O)O)cc(Cl)c12. The van der Waals surface area contributed by atoms with Gasteiger partial charge in [-0.1, -0.05) is 31.5 Å². The number of pyridine rings is 1. The van der Waals surface area contributed by atoms with Crippen LogP contribution in [0.4, 0.5) is 5.69 Å².